The Bertz CT molecular complexity index is 661. The summed E-state index contributed by atoms with van der Waals surface area (Å²) in [5.74, 6) is 0.0356. The lowest BCUT2D eigenvalue weighted by molar-refractivity contribution is -0.0894. The van der Waals surface area contributed by atoms with Crippen molar-refractivity contribution >= 4 is 5.91 Å². The zero-order valence-electron chi connectivity index (χ0n) is 15.4. The number of rotatable bonds is 3. The Hall–Kier alpha value is -1.44. The summed E-state index contributed by atoms with van der Waals surface area (Å²) in [5, 5.41) is 7.47. The maximum atomic E-state index is 13.3. The minimum absolute atomic E-state index is 0.0356. The molecule has 0 aromatic carbocycles. The van der Waals surface area contributed by atoms with Gasteiger partial charge in [-0.1, -0.05) is 0 Å². The van der Waals surface area contributed by atoms with E-state index in [4.69, 9.17) is 9.47 Å². The van der Waals surface area contributed by atoms with E-state index in [1.54, 1.807) is 14.2 Å². The topological polar surface area (TPSA) is 70.7 Å². The number of fused-ring (bicyclic) bond motifs is 2. The van der Waals surface area contributed by atoms with Gasteiger partial charge in [0.05, 0.1) is 17.7 Å². The fourth-order valence-corrected chi connectivity index (χ4v) is 4.86. The molecule has 1 aromatic heterocycles. The summed E-state index contributed by atoms with van der Waals surface area (Å²) in [6.45, 7) is 2.50. The van der Waals surface area contributed by atoms with Crippen LogP contribution < -0.4 is 0 Å². The largest absolute Gasteiger partial charge is 0.381 e. The molecular formula is C18H28N4O3. The summed E-state index contributed by atoms with van der Waals surface area (Å²) in [6, 6.07) is 0.0670. The third-order valence-corrected chi connectivity index (χ3v) is 6.46. The van der Waals surface area contributed by atoms with Crippen molar-refractivity contribution in [3.63, 3.8) is 0 Å². The molecule has 4 rings (SSSR count). The highest BCUT2D eigenvalue weighted by Gasteiger charge is 2.53. The maximum absolute atomic E-state index is 13.3. The van der Waals surface area contributed by atoms with Gasteiger partial charge in [-0.05, 0) is 32.7 Å². The fraction of sp³-hybridized carbons (Fsp3) is 0.778. The Kier molecular flexibility index (Phi) is 4.33. The maximum Gasteiger partial charge on any atom is 0.275 e. The number of aromatic nitrogens is 2. The minimum atomic E-state index is -0.224. The quantitative estimate of drug-likeness (QED) is 0.889. The number of nitrogens with zero attached hydrogens (tertiary/aromatic N) is 3. The first-order valence-electron chi connectivity index (χ1n) is 9.21. The molecule has 25 heavy (non-hydrogen) atoms. The predicted octanol–water partition coefficient (Wildman–Crippen LogP) is 1.20. The molecule has 2 fully saturated rings. The summed E-state index contributed by atoms with van der Waals surface area (Å²) >= 11 is 0. The van der Waals surface area contributed by atoms with Gasteiger partial charge in [0.2, 0.25) is 0 Å². The van der Waals surface area contributed by atoms with Crippen LogP contribution in [0.15, 0.2) is 0 Å². The Labute approximate surface area is 148 Å². The number of H-pyrrole nitrogens is 1. The van der Waals surface area contributed by atoms with Gasteiger partial charge in [-0.25, -0.2) is 0 Å². The molecule has 7 heteroatoms. The van der Waals surface area contributed by atoms with E-state index in [1.165, 1.54) is 0 Å². The highest BCUT2D eigenvalue weighted by molar-refractivity contribution is 5.94. The van der Waals surface area contributed by atoms with Crippen LogP contribution in [0.3, 0.4) is 0 Å². The average molecular weight is 348 g/mol. The van der Waals surface area contributed by atoms with Crippen molar-refractivity contribution in [1.82, 2.24) is 20.0 Å². The second-order valence-electron chi connectivity index (χ2n) is 7.68. The number of amides is 1. The summed E-state index contributed by atoms with van der Waals surface area (Å²) in [4.78, 5) is 17.5. The van der Waals surface area contributed by atoms with E-state index in [2.05, 4.69) is 22.1 Å². The summed E-state index contributed by atoms with van der Waals surface area (Å²) in [7, 11) is 5.62. The van der Waals surface area contributed by atoms with Crippen LogP contribution in [0.1, 0.15) is 47.4 Å². The van der Waals surface area contributed by atoms with Crippen molar-refractivity contribution < 1.29 is 14.3 Å². The smallest absolute Gasteiger partial charge is 0.275 e. The number of carbonyl (C=O) groups is 1. The van der Waals surface area contributed by atoms with Gasteiger partial charge in [-0.2, -0.15) is 5.10 Å². The average Bonchev–Trinajstić information content (AvgIpc) is 3.22. The van der Waals surface area contributed by atoms with E-state index in [0.717, 1.165) is 63.0 Å². The van der Waals surface area contributed by atoms with Gasteiger partial charge in [-0.15, -0.1) is 0 Å². The number of hydrogen-bond acceptors (Lipinski definition) is 5. The molecule has 0 bridgehead atoms. The molecule has 0 unspecified atom stereocenters. The summed E-state index contributed by atoms with van der Waals surface area (Å²) < 4.78 is 11.5. The van der Waals surface area contributed by atoms with Gasteiger partial charge in [0.25, 0.3) is 5.91 Å². The first kappa shape index (κ1) is 17.0. The molecule has 3 atom stereocenters. The van der Waals surface area contributed by atoms with Crippen LogP contribution in [0.2, 0.25) is 0 Å². The Morgan fingerprint density at radius 1 is 1.32 bits per heavy atom. The van der Waals surface area contributed by atoms with Crippen LogP contribution in [0.4, 0.5) is 0 Å². The predicted molar refractivity (Wildman–Crippen MR) is 92.5 cm³/mol. The van der Waals surface area contributed by atoms with Crippen LogP contribution in [0.25, 0.3) is 0 Å². The van der Waals surface area contributed by atoms with Crippen molar-refractivity contribution in [2.45, 2.75) is 56.4 Å². The van der Waals surface area contributed by atoms with Crippen LogP contribution in [-0.4, -0.2) is 78.0 Å². The fourth-order valence-electron chi connectivity index (χ4n) is 4.86. The lowest BCUT2D eigenvalue weighted by Gasteiger charge is -2.43. The Morgan fingerprint density at radius 2 is 2.16 bits per heavy atom. The van der Waals surface area contributed by atoms with Crippen molar-refractivity contribution in [2.75, 3.05) is 34.4 Å². The molecule has 0 spiro atoms. The lowest BCUT2D eigenvalue weighted by Crippen LogP contribution is -2.53. The molecular weight excluding hydrogens is 320 g/mol. The van der Waals surface area contributed by atoms with Crippen LogP contribution >= 0.6 is 0 Å². The number of carbonyl (C=O) groups excluding carboxylic acids is 1. The Morgan fingerprint density at radius 3 is 2.92 bits per heavy atom. The molecule has 0 radical (unpaired) electrons. The number of likely N-dealkylation sites (tertiary alicyclic amines) is 1. The second-order valence-corrected chi connectivity index (χ2v) is 7.68. The van der Waals surface area contributed by atoms with Crippen LogP contribution in [0, 0.1) is 0 Å². The van der Waals surface area contributed by atoms with E-state index >= 15 is 0 Å². The van der Waals surface area contributed by atoms with Crippen LogP contribution in [-0.2, 0) is 22.4 Å². The molecule has 1 saturated heterocycles. The van der Waals surface area contributed by atoms with Gasteiger partial charge < -0.3 is 19.3 Å². The van der Waals surface area contributed by atoms with E-state index in [1.807, 2.05) is 4.90 Å². The molecule has 2 aliphatic heterocycles. The minimum Gasteiger partial charge on any atom is -0.381 e. The molecule has 1 saturated carbocycles. The molecule has 1 aliphatic carbocycles. The molecule has 138 valence electrons. The van der Waals surface area contributed by atoms with Crippen molar-refractivity contribution in [3.8, 4) is 0 Å². The Balaban J connectivity index is 1.61. The third-order valence-electron chi connectivity index (χ3n) is 6.46. The lowest BCUT2D eigenvalue weighted by atomic mass is 9.79. The van der Waals surface area contributed by atoms with E-state index in [-0.39, 0.29) is 23.7 Å². The SMILES string of the molecule is CO[C@@H]1CC[C@@]2(OC)CCN(C(=O)c3n[nH]c4c3CN(C)CC4)[C@H]2C1. The number of aromatic amines is 1. The van der Waals surface area contributed by atoms with Crippen molar-refractivity contribution in [3.05, 3.63) is 17.0 Å². The monoisotopic (exact) mass is 348 g/mol. The number of likely N-dealkylation sites (N-methyl/N-ethyl adjacent to an activating group) is 1. The zero-order chi connectivity index (χ0) is 17.6. The van der Waals surface area contributed by atoms with E-state index in [0.29, 0.717) is 5.69 Å². The van der Waals surface area contributed by atoms with Crippen molar-refractivity contribution in [1.29, 1.82) is 0 Å². The zero-order valence-corrected chi connectivity index (χ0v) is 15.4. The van der Waals surface area contributed by atoms with E-state index < -0.39 is 0 Å². The molecule has 1 aromatic rings. The summed E-state index contributed by atoms with van der Waals surface area (Å²) in [6.07, 6.45) is 4.78. The molecule has 3 aliphatic rings. The molecule has 7 nitrogen and oxygen atoms in total. The number of ether oxygens (including phenoxy) is 2. The first-order chi connectivity index (χ1) is 12.1. The van der Waals surface area contributed by atoms with Crippen molar-refractivity contribution in [2.24, 2.45) is 0 Å². The first-order valence-corrected chi connectivity index (χ1v) is 9.21. The normalized spacial score (nSPS) is 32.5. The highest BCUT2D eigenvalue weighted by Crippen LogP contribution is 2.43. The molecule has 1 N–H and O–H groups in total. The highest BCUT2D eigenvalue weighted by atomic mass is 16.5. The molecule has 1 amide bonds. The van der Waals surface area contributed by atoms with Gasteiger partial charge in [0.15, 0.2) is 5.69 Å². The second kappa shape index (κ2) is 6.37. The standard InChI is InChI=1S/C18H28N4O3/c1-21-8-5-14-13(11-21)16(20-19-14)17(23)22-9-7-18(25-3)6-4-12(24-2)10-15(18)22/h12,15H,4-11H2,1-3H3,(H,19,20)/t12-,15+,18-/m1/s1. The summed E-state index contributed by atoms with van der Waals surface area (Å²) in [5.41, 5.74) is 2.54. The van der Waals surface area contributed by atoms with Gasteiger partial charge >= 0.3 is 0 Å². The van der Waals surface area contributed by atoms with Crippen LogP contribution in [0.5, 0.6) is 0 Å². The number of nitrogens with one attached hydrogen (secondary N) is 1. The van der Waals surface area contributed by atoms with E-state index in [9.17, 15) is 4.79 Å². The van der Waals surface area contributed by atoms with Gasteiger partial charge in [-0.3, -0.25) is 9.89 Å². The number of methoxy groups -OCH3 is 2. The molecule has 3 heterocycles. The van der Waals surface area contributed by atoms with Gasteiger partial charge in [0, 0.05) is 51.5 Å². The number of hydrogen-bond donors (Lipinski definition) is 1. The third kappa shape index (κ3) is 2.69. The van der Waals surface area contributed by atoms with Gasteiger partial charge in [0.1, 0.15) is 0 Å².